The lowest BCUT2D eigenvalue weighted by Crippen LogP contribution is -2.45. The van der Waals surface area contributed by atoms with Gasteiger partial charge in [0.05, 0.1) is 0 Å². The van der Waals surface area contributed by atoms with Gasteiger partial charge in [0.25, 0.3) is 0 Å². The largest absolute Gasteiger partial charge is 0.369 e. The number of fused-ring (bicyclic) bond motifs is 1. The number of hydrogen-bond acceptors (Lipinski definition) is 2. The minimum atomic E-state index is 0.190. The van der Waals surface area contributed by atoms with Gasteiger partial charge in [-0.3, -0.25) is 4.79 Å². The third-order valence-corrected chi connectivity index (χ3v) is 3.79. The number of carbonyl (C=O) groups excluding carboxylic acids is 1. The van der Waals surface area contributed by atoms with Crippen molar-refractivity contribution in [2.24, 2.45) is 0 Å². The van der Waals surface area contributed by atoms with Gasteiger partial charge in [-0.2, -0.15) is 0 Å². The van der Waals surface area contributed by atoms with Crippen molar-refractivity contribution in [1.82, 2.24) is 0 Å². The van der Waals surface area contributed by atoms with E-state index in [4.69, 9.17) is 0 Å². The van der Waals surface area contributed by atoms with E-state index in [0.717, 1.165) is 18.3 Å². The van der Waals surface area contributed by atoms with Gasteiger partial charge >= 0.3 is 0 Å². The average Bonchev–Trinajstić information content (AvgIpc) is 2.25. The van der Waals surface area contributed by atoms with Crippen LogP contribution < -0.4 is 4.90 Å². The zero-order valence-electron chi connectivity index (χ0n) is 10.4. The third-order valence-electron chi connectivity index (χ3n) is 3.79. The Kier molecular flexibility index (Phi) is 2.53. The van der Waals surface area contributed by atoms with E-state index in [9.17, 15) is 4.79 Å². The lowest BCUT2D eigenvalue weighted by atomic mass is 9.80. The first-order valence-electron chi connectivity index (χ1n) is 5.78. The van der Waals surface area contributed by atoms with E-state index in [0.29, 0.717) is 5.92 Å². The first kappa shape index (κ1) is 11.2. The fourth-order valence-electron chi connectivity index (χ4n) is 2.67. The fourth-order valence-corrected chi connectivity index (χ4v) is 2.67. The second-order valence-electron chi connectivity index (χ2n) is 5.41. The van der Waals surface area contributed by atoms with E-state index in [2.05, 4.69) is 38.8 Å². The summed E-state index contributed by atoms with van der Waals surface area (Å²) in [6, 6.07) is 5.99. The molecule has 1 atom stereocenters. The molecular formula is C14H19NO. The lowest BCUT2D eigenvalue weighted by molar-refractivity contribution is 0.112. The Bertz CT molecular complexity index is 423. The number of hydrogen-bond donors (Lipinski definition) is 0. The molecule has 0 saturated heterocycles. The maximum atomic E-state index is 10.8. The molecule has 2 heteroatoms. The topological polar surface area (TPSA) is 20.3 Å². The van der Waals surface area contributed by atoms with Gasteiger partial charge in [-0.25, -0.2) is 0 Å². The first-order chi connectivity index (χ1) is 7.45. The van der Waals surface area contributed by atoms with Crippen LogP contribution in [0, 0.1) is 0 Å². The van der Waals surface area contributed by atoms with Crippen LogP contribution in [0.4, 0.5) is 5.69 Å². The monoisotopic (exact) mass is 217 g/mol. The minimum Gasteiger partial charge on any atom is -0.369 e. The predicted molar refractivity (Wildman–Crippen MR) is 67.3 cm³/mol. The Hall–Kier alpha value is -1.31. The highest BCUT2D eigenvalue weighted by atomic mass is 16.1. The van der Waals surface area contributed by atoms with Crippen molar-refractivity contribution in [2.75, 3.05) is 11.9 Å². The molecule has 1 aromatic rings. The second kappa shape index (κ2) is 3.62. The molecule has 86 valence electrons. The maximum absolute atomic E-state index is 10.8. The normalized spacial score (nSPS) is 22.8. The van der Waals surface area contributed by atoms with Gasteiger partial charge in [0.2, 0.25) is 0 Å². The maximum Gasteiger partial charge on any atom is 0.150 e. The molecule has 2 rings (SSSR count). The number of benzene rings is 1. The Labute approximate surface area is 97.3 Å². The van der Waals surface area contributed by atoms with Crippen molar-refractivity contribution in [2.45, 2.75) is 38.6 Å². The SMILES string of the molecule is C[C@@H]1CC(C)(C)N(C)c2ccc(C=O)cc21. The van der Waals surface area contributed by atoms with Crippen LogP contribution in [0.2, 0.25) is 0 Å². The molecule has 0 saturated carbocycles. The number of aldehydes is 1. The summed E-state index contributed by atoms with van der Waals surface area (Å²) in [4.78, 5) is 13.1. The van der Waals surface area contributed by atoms with Crippen molar-refractivity contribution >= 4 is 12.0 Å². The summed E-state index contributed by atoms with van der Waals surface area (Å²) in [6.07, 6.45) is 2.05. The van der Waals surface area contributed by atoms with Crippen molar-refractivity contribution in [3.8, 4) is 0 Å². The zero-order chi connectivity index (χ0) is 11.9. The van der Waals surface area contributed by atoms with E-state index >= 15 is 0 Å². The molecule has 0 amide bonds. The number of anilines is 1. The number of nitrogens with zero attached hydrogens (tertiary/aromatic N) is 1. The molecule has 0 aromatic heterocycles. The summed E-state index contributed by atoms with van der Waals surface area (Å²) in [7, 11) is 2.13. The van der Waals surface area contributed by atoms with Gasteiger partial charge in [0, 0.05) is 23.8 Å². The Morgan fingerprint density at radius 2 is 2.12 bits per heavy atom. The summed E-state index contributed by atoms with van der Waals surface area (Å²) >= 11 is 0. The molecule has 0 radical (unpaired) electrons. The van der Waals surface area contributed by atoms with E-state index < -0.39 is 0 Å². The summed E-state index contributed by atoms with van der Waals surface area (Å²) in [5.74, 6) is 0.515. The van der Waals surface area contributed by atoms with Crippen LogP contribution in [0.5, 0.6) is 0 Å². The molecular weight excluding hydrogens is 198 g/mol. The number of rotatable bonds is 1. The smallest absolute Gasteiger partial charge is 0.150 e. The van der Waals surface area contributed by atoms with Crippen LogP contribution in [0.3, 0.4) is 0 Å². The summed E-state index contributed by atoms with van der Waals surface area (Å²) in [6.45, 7) is 6.77. The molecule has 2 nitrogen and oxygen atoms in total. The van der Waals surface area contributed by atoms with E-state index in [1.54, 1.807) is 0 Å². The van der Waals surface area contributed by atoms with Gasteiger partial charge < -0.3 is 4.90 Å². The quantitative estimate of drug-likeness (QED) is 0.673. The summed E-state index contributed by atoms with van der Waals surface area (Å²) < 4.78 is 0. The standard InChI is InChI=1S/C14H19NO/c1-10-8-14(2,3)15(4)13-6-5-11(9-16)7-12(10)13/h5-7,9-10H,8H2,1-4H3/t10-/m1/s1. The highest BCUT2D eigenvalue weighted by molar-refractivity contribution is 5.77. The lowest BCUT2D eigenvalue weighted by Gasteiger charge is -2.45. The molecule has 0 bridgehead atoms. The van der Waals surface area contributed by atoms with Gasteiger partial charge in [0.15, 0.2) is 0 Å². The van der Waals surface area contributed by atoms with Crippen LogP contribution in [0.25, 0.3) is 0 Å². The van der Waals surface area contributed by atoms with E-state index in [-0.39, 0.29) is 5.54 Å². The van der Waals surface area contributed by atoms with Crippen LogP contribution in [0.15, 0.2) is 18.2 Å². The van der Waals surface area contributed by atoms with Gasteiger partial charge in [-0.05, 0) is 49.9 Å². The van der Waals surface area contributed by atoms with Crippen LogP contribution in [0.1, 0.15) is 49.0 Å². The summed E-state index contributed by atoms with van der Waals surface area (Å²) in [5, 5.41) is 0. The van der Waals surface area contributed by atoms with Crippen molar-refractivity contribution in [3.63, 3.8) is 0 Å². The molecule has 0 spiro atoms. The Morgan fingerprint density at radius 1 is 1.44 bits per heavy atom. The Balaban J connectivity index is 2.54. The zero-order valence-corrected chi connectivity index (χ0v) is 10.4. The summed E-state index contributed by atoms with van der Waals surface area (Å²) in [5.41, 5.74) is 3.52. The van der Waals surface area contributed by atoms with Gasteiger partial charge in [-0.1, -0.05) is 6.92 Å². The first-order valence-corrected chi connectivity index (χ1v) is 5.78. The van der Waals surface area contributed by atoms with Crippen LogP contribution >= 0.6 is 0 Å². The Morgan fingerprint density at radius 3 is 2.75 bits per heavy atom. The molecule has 1 aliphatic heterocycles. The molecule has 1 aromatic carbocycles. The average molecular weight is 217 g/mol. The molecule has 16 heavy (non-hydrogen) atoms. The second-order valence-corrected chi connectivity index (χ2v) is 5.41. The molecule has 1 heterocycles. The molecule has 0 unspecified atom stereocenters. The van der Waals surface area contributed by atoms with Gasteiger partial charge in [0.1, 0.15) is 6.29 Å². The molecule has 0 fully saturated rings. The molecule has 0 aliphatic carbocycles. The third kappa shape index (κ3) is 1.62. The highest BCUT2D eigenvalue weighted by Crippen LogP contribution is 2.42. The highest BCUT2D eigenvalue weighted by Gasteiger charge is 2.33. The van der Waals surface area contributed by atoms with Crippen molar-refractivity contribution in [3.05, 3.63) is 29.3 Å². The fraction of sp³-hybridized carbons (Fsp3) is 0.500. The van der Waals surface area contributed by atoms with E-state index in [1.807, 2.05) is 12.1 Å². The molecule has 1 aliphatic rings. The van der Waals surface area contributed by atoms with Crippen LogP contribution in [-0.4, -0.2) is 18.9 Å². The van der Waals surface area contributed by atoms with Crippen molar-refractivity contribution < 1.29 is 4.79 Å². The van der Waals surface area contributed by atoms with E-state index in [1.165, 1.54) is 11.3 Å². The number of carbonyl (C=O) groups is 1. The molecule has 0 N–H and O–H groups in total. The predicted octanol–water partition coefficient (Wildman–Crippen LogP) is 3.22. The van der Waals surface area contributed by atoms with Crippen molar-refractivity contribution in [1.29, 1.82) is 0 Å². The minimum absolute atomic E-state index is 0.190. The van der Waals surface area contributed by atoms with Gasteiger partial charge in [-0.15, -0.1) is 0 Å². The van der Waals surface area contributed by atoms with Crippen LogP contribution in [-0.2, 0) is 0 Å².